The molecule has 0 spiro atoms. The Balaban J connectivity index is 2.91. The van der Waals surface area contributed by atoms with Gasteiger partial charge in [-0.3, -0.25) is 4.79 Å². The molecule has 0 aliphatic heterocycles. The minimum atomic E-state index is -1.11. The predicted molar refractivity (Wildman–Crippen MR) is 63.4 cm³/mol. The number of carbonyl (C=O) groups is 2. The van der Waals surface area contributed by atoms with Crippen LogP contribution in [0.3, 0.4) is 0 Å². The predicted octanol–water partition coefficient (Wildman–Crippen LogP) is 0.980. The highest BCUT2D eigenvalue weighted by molar-refractivity contribution is 6.29. The first-order chi connectivity index (χ1) is 7.93. The van der Waals surface area contributed by atoms with Crippen molar-refractivity contribution in [2.24, 2.45) is 0 Å². The summed E-state index contributed by atoms with van der Waals surface area (Å²) >= 11 is 5.68. The SMILES string of the molecule is CNC(=O)C(C)Nc1cc(C(=O)O)cc(Cl)n1. The fraction of sp³-hybridized carbons (Fsp3) is 0.300. The number of pyridine rings is 1. The number of anilines is 1. The highest BCUT2D eigenvalue weighted by Gasteiger charge is 2.13. The average Bonchev–Trinajstić information content (AvgIpc) is 2.26. The van der Waals surface area contributed by atoms with Gasteiger partial charge in [-0.25, -0.2) is 9.78 Å². The first-order valence-corrected chi connectivity index (χ1v) is 5.21. The Kier molecular flexibility index (Phi) is 4.28. The number of amides is 1. The zero-order valence-electron chi connectivity index (χ0n) is 9.32. The first kappa shape index (κ1) is 13.2. The molecule has 1 aromatic rings. The second-order valence-corrected chi connectivity index (χ2v) is 3.74. The van der Waals surface area contributed by atoms with Gasteiger partial charge in [0.1, 0.15) is 17.0 Å². The van der Waals surface area contributed by atoms with Gasteiger partial charge < -0.3 is 15.7 Å². The molecule has 1 aromatic heterocycles. The van der Waals surface area contributed by atoms with Crippen LogP contribution in [0.1, 0.15) is 17.3 Å². The molecule has 92 valence electrons. The largest absolute Gasteiger partial charge is 0.478 e. The van der Waals surface area contributed by atoms with E-state index in [1.807, 2.05) is 0 Å². The van der Waals surface area contributed by atoms with Gasteiger partial charge >= 0.3 is 5.97 Å². The molecule has 6 nitrogen and oxygen atoms in total. The Morgan fingerprint density at radius 2 is 2.12 bits per heavy atom. The van der Waals surface area contributed by atoms with Crippen LogP contribution >= 0.6 is 11.6 Å². The number of halogens is 1. The van der Waals surface area contributed by atoms with E-state index in [9.17, 15) is 9.59 Å². The number of aromatic nitrogens is 1. The molecular formula is C10H12ClN3O3. The summed E-state index contributed by atoms with van der Waals surface area (Å²) in [6.45, 7) is 1.63. The smallest absolute Gasteiger partial charge is 0.335 e. The van der Waals surface area contributed by atoms with Crippen molar-refractivity contribution >= 4 is 29.3 Å². The van der Waals surface area contributed by atoms with E-state index in [1.54, 1.807) is 6.92 Å². The van der Waals surface area contributed by atoms with E-state index in [4.69, 9.17) is 16.7 Å². The minimum absolute atomic E-state index is 0.0107. The lowest BCUT2D eigenvalue weighted by Gasteiger charge is -2.13. The van der Waals surface area contributed by atoms with E-state index in [-0.39, 0.29) is 22.4 Å². The fourth-order valence-corrected chi connectivity index (χ4v) is 1.41. The van der Waals surface area contributed by atoms with Crippen molar-refractivity contribution in [2.75, 3.05) is 12.4 Å². The maximum absolute atomic E-state index is 11.3. The van der Waals surface area contributed by atoms with Gasteiger partial charge in [0.15, 0.2) is 0 Å². The van der Waals surface area contributed by atoms with E-state index in [2.05, 4.69) is 15.6 Å². The van der Waals surface area contributed by atoms with Gasteiger partial charge in [-0.2, -0.15) is 0 Å². The molecule has 17 heavy (non-hydrogen) atoms. The highest BCUT2D eigenvalue weighted by Crippen LogP contribution is 2.15. The third-order valence-corrected chi connectivity index (χ3v) is 2.24. The summed E-state index contributed by atoms with van der Waals surface area (Å²) in [5.41, 5.74) is 0.0107. The second-order valence-electron chi connectivity index (χ2n) is 3.35. The van der Waals surface area contributed by atoms with Gasteiger partial charge in [0.05, 0.1) is 5.56 Å². The zero-order valence-corrected chi connectivity index (χ0v) is 10.1. The normalized spacial score (nSPS) is 11.7. The summed E-state index contributed by atoms with van der Waals surface area (Å²) in [6, 6.07) is 2.01. The molecule has 1 atom stereocenters. The Hall–Kier alpha value is -1.82. The average molecular weight is 258 g/mol. The van der Waals surface area contributed by atoms with E-state index >= 15 is 0 Å². The van der Waals surface area contributed by atoms with Gasteiger partial charge in [-0.1, -0.05) is 11.6 Å². The van der Waals surface area contributed by atoms with Crippen molar-refractivity contribution in [3.8, 4) is 0 Å². The Labute approximate surface area is 103 Å². The first-order valence-electron chi connectivity index (χ1n) is 4.83. The summed E-state index contributed by atoms with van der Waals surface area (Å²) in [6.07, 6.45) is 0. The Morgan fingerprint density at radius 1 is 1.47 bits per heavy atom. The fourth-order valence-electron chi connectivity index (χ4n) is 1.20. The van der Waals surface area contributed by atoms with Crippen LogP contribution in [0.15, 0.2) is 12.1 Å². The summed E-state index contributed by atoms with van der Waals surface area (Å²) < 4.78 is 0. The molecule has 0 saturated carbocycles. The van der Waals surface area contributed by atoms with E-state index in [0.29, 0.717) is 0 Å². The third-order valence-electron chi connectivity index (χ3n) is 2.05. The van der Waals surface area contributed by atoms with Crippen LogP contribution in [0.4, 0.5) is 5.82 Å². The van der Waals surface area contributed by atoms with Gasteiger partial charge in [0, 0.05) is 7.05 Å². The molecule has 7 heteroatoms. The lowest BCUT2D eigenvalue weighted by Crippen LogP contribution is -2.35. The van der Waals surface area contributed by atoms with Crippen LogP contribution in [-0.2, 0) is 4.79 Å². The number of carbonyl (C=O) groups excluding carboxylic acids is 1. The van der Waals surface area contributed by atoms with Crippen molar-refractivity contribution in [1.82, 2.24) is 10.3 Å². The summed E-state index contributed by atoms with van der Waals surface area (Å²) in [7, 11) is 1.51. The summed E-state index contributed by atoms with van der Waals surface area (Å²) in [5.74, 6) is -1.10. The molecule has 1 heterocycles. The molecule has 0 saturated heterocycles. The number of hydrogen-bond acceptors (Lipinski definition) is 4. The number of likely N-dealkylation sites (N-methyl/N-ethyl adjacent to an activating group) is 1. The van der Waals surface area contributed by atoms with Gasteiger partial charge in [-0.05, 0) is 19.1 Å². The van der Waals surface area contributed by atoms with E-state index < -0.39 is 12.0 Å². The van der Waals surface area contributed by atoms with Crippen LogP contribution in [0.25, 0.3) is 0 Å². The van der Waals surface area contributed by atoms with Crippen molar-refractivity contribution in [3.63, 3.8) is 0 Å². The molecule has 0 radical (unpaired) electrons. The number of carboxylic acid groups (broad SMARTS) is 1. The lowest BCUT2D eigenvalue weighted by atomic mass is 10.2. The lowest BCUT2D eigenvalue weighted by molar-refractivity contribution is -0.121. The Bertz CT molecular complexity index is 450. The monoisotopic (exact) mass is 257 g/mol. The molecule has 0 aliphatic carbocycles. The standard InChI is InChI=1S/C10H12ClN3O3/c1-5(9(15)12-2)13-8-4-6(10(16)17)3-7(11)14-8/h3-5H,1-2H3,(H,12,15)(H,13,14)(H,16,17). The molecule has 1 amide bonds. The maximum Gasteiger partial charge on any atom is 0.335 e. The number of rotatable bonds is 4. The van der Waals surface area contributed by atoms with Crippen LogP contribution in [0.5, 0.6) is 0 Å². The summed E-state index contributed by atoms with van der Waals surface area (Å²) in [4.78, 5) is 25.9. The van der Waals surface area contributed by atoms with Crippen molar-refractivity contribution in [2.45, 2.75) is 13.0 Å². The van der Waals surface area contributed by atoms with E-state index in [0.717, 1.165) is 0 Å². The van der Waals surface area contributed by atoms with Crippen LogP contribution in [-0.4, -0.2) is 35.1 Å². The number of carboxylic acids is 1. The maximum atomic E-state index is 11.3. The van der Waals surface area contributed by atoms with Gasteiger partial charge in [-0.15, -0.1) is 0 Å². The van der Waals surface area contributed by atoms with Gasteiger partial charge in [0.25, 0.3) is 0 Å². The molecule has 0 fully saturated rings. The topological polar surface area (TPSA) is 91.3 Å². The second kappa shape index (κ2) is 5.49. The molecule has 0 aromatic carbocycles. The van der Waals surface area contributed by atoms with Crippen LogP contribution in [0, 0.1) is 0 Å². The number of nitrogens with one attached hydrogen (secondary N) is 2. The van der Waals surface area contributed by atoms with Crippen molar-refractivity contribution in [3.05, 3.63) is 22.8 Å². The number of hydrogen-bond donors (Lipinski definition) is 3. The van der Waals surface area contributed by atoms with Crippen LogP contribution in [0.2, 0.25) is 5.15 Å². The third kappa shape index (κ3) is 3.60. The molecule has 0 bridgehead atoms. The number of nitrogens with zero attached hydrogens (tertiary/aromatic N) is 1. The molecular weight excluding hydrogens is 246 g/mol. The van der Waals surface area contributed by atoms with Crippen molar-refractivity contribution < 1.29 is 14.7 Å². The molecule has 1 rings (SSSR count). The molecule has 3 N–H and O–H groups in total. The Morgan fingerprint density at radius 3 is 2.65 bits per heavy atom. The molecule has 1 unspecified atom stereocenters. The quantitative estimate of drug-likeness (QED) is 0.700. The van der Waals surface area contributed by atoms with Crippen molar-refractivity contribution in [1.29, 1.82) is 0 Å². The minimum Gasteiger partial charge on any atom is -0.478 e. The molecule has 0 aliphatic rings. The highest BCUT2D eigenvalue weighted by atomic mass is 35.5. The van der Waals surface area contributed by atoms with Gasteiger partial charge in [0.2, 0.25) is 5.91 Å². The number of aromatic carboxylic acids is 1. The van der Waals surface area contributed by atoms with E-state index in [1.165, 1.54) is 19.2 Å². The van der Waals surface area contributed by atoms with Crippen LogP contribution < -0.4 is 10.6 Å². The summed E-state index contributed by atoms with van der Waals surface area (Å²) in [5, 5.41) is 14.1. The zero-order chi connectivity index (χ0) is 13.0.